The lowest BCUT2D eigenvalue weighted by Gasteiger charge is -2.22. The largest absolute Gasteiger partial charge is 0.394 e. The van der Waals surface area contributed by atoms with Crippen molar-refractivity contribution in [3.05, 3.63) is 11.4 Å². The molecule has 0 fully saturated rings. The Hall–Kier alpha value is -2.42. The summed E-state index contributed by atoms with van der Waals surface area (Å²) in [4.78, 5) is 10.4. The molecule has 0 saturated heterocycles. The summed E-state index contributed by atoms with van der Waals surface area (Å²) in [7, 11) is 0. The summed E-state index contributed by atoms with van der Waals surface area (Å²) in [6.45, 7) is 6.46. The van der Waals surface area contributed by atoms with Crippen LogP contribution in [0.4, 0.5) is 11.6 Å². The maximum absolute atomic E-state index is 9.08. The van der Waals surface area contributed by atoms with E-state index in [9.17, 15) is 0 Å². The molecule has 8 heteroatoms. The van der Waals surface area contributed by atoms with Crippen LogP contribution in [-0.4, -0.2) is 54.5 Å². The summed E-state index contributed by atoms with van der Waals surface area (Å²) in [5.41, 5.74) is 0.0173. The maximum Gasteiger partial charge on any atom is 0.179 e. The van der Waals surface area contributed by atoms with Gasteiger partial charge >= 0.3 is 0 Å². The van der Waals surface area contributed by atoms with Crippen LogP contribution in [0.25, 0.3) is 0 Å². The smallest absolute Gasteiger partial charge is 0.179 e. The molecule has 0 radical (unpaired) electrons. The number of aliphatic hydroxyl groups excluding tert-OH is 1. The number of nitrogens with one attached hydrogen (secondary N) is 1. The van der Waals surface area contributed by atoms with Crippen LogP contribution in [0.2, 0.25) is 0 Å². The third-order valence-electron chi connectivity index (χ3n) is 2.93. The Balaban J connectivity index is 3.01. The first kappa shape index (κ1) is 17.6. The second-order valence-corrected chi connectivity index (χ2v) is 4.25. The number of anilines is 2. The highest BCUT2D eigenvalue weighted by Gasteiger charge is 2.17. The molecule has 118 valence electrons. The van der Waals surface area contributed by atoms with Crippen LogP contribution < -0.4 is 10.2 Å². The van der Waals surface area contributed by atoms with Crippen molar-refractivity contribution >= 4 is 11.6 Å². The zero-order valence-corrected chi connectivity index (χ0v) is 12.8. The summed E-state index contributed by atoms with van der Waals surface area (Å²) >= 11 is 0. The van der Waals surface area contributed by atoms with Gasteiger partial charge in [-0.2, -0.15) is 10.5 Å². The minimum Gasteiger partial charge on any atom is -0.394 e. The molecular weight excluding hydrogens is 284 g/mol. The van der Waals surface area contributed by atoms with Crippen molar-refractivity contribution in [3.63, 3.8) is 0 Å². The molecule has 2 N–H and O–H groups in total. The lowest BCUT2D eigenvalue weighted by atomic mass is 10.3. The Kier molecular flexibility index (Phi) is 7.62. The second kappa shape index (κ2) is 9.50. The summed E-state index contributed by atoms with van der Waals surface area (Å²) in [6.07, 6.45) is 0. The summed E-state index contributed by atoms with van der Waals surface area (Å²) in [5.74, 6) is 0.995. The maximum atomic E-state index is 9.08. The normalized spacial score (nSPS) is 9.86. The van der Waals surface area contributed by atoms with Gasteiger partial charge in [0.25, 0.3) is 0 Å². The van der Waals surface area contributed by atoms with Gasteiger partial charge in [0.1, 0.15) is 12.1 Å². The van der Waals surface area contributed by atoms with E-state index in [1.165, 1.54) is 0 Å². The van der Waals surface area contributed by atoms with Crippen molar-refractivity contribution in [3.8, 4) is 12.1 Å². The molecule has 0 aliphatic carbocycles. The number of hydrogen-bond acceptors (Lipinski definition) is 8. The fourth-order valence-corrected chi connectivity index (χ4v) is 1.85. The quantitative estimate of drug-likeness (QED) is 0.633. The molecule has 8 nitrogen and oxygen atoms in total. The molecule has 0 bridgehead atoms. The average molecular weight is 304 g/mol. The van der Waals surface area contributed by atoms with Crippen LogP contribution in [0.5, 0.6) is 0 Å². The predicted octanol–water partition coefficient (Wildman–Crippen LogP) is 0.487. The highest BCUT2D eigenvalue weighted by Crippen LogP contribution is 2.22. The van der Waals surface area contributed by atoms with E-state index in [1.807, 2.05) is 30.9 Å². The summed E-state index contributed by atoms with van der Waals surface area (Å²) in [5, 5.41) is 29.9. The van der Waals surface area contributed by atoms with Crippen LogP contribution in [0.3, 0.4) is 0 Å². The van der Waals surface area contributed by atoms with E-state index in [4.69, 9.17) is 20.4 Å². The van der Waals surface area contributed by atoms with Gasteiger partial charge in [-0.25, -0.2) is 9.97 Å². The number of aliphatic hydroxyl groups is 1. The number of rotatable bonds is 9. The first-order valence-corrected chi connectivity index (χ1v) is 7.11. The number of nitriles is 2. The minimum absolute atomic E-state index is 0.00261. The van der Waals surface area contributed by atoms with Crippen molar-refractivity contribution in [1.82, 2.24) is 9.97 Å². The van der Waals surface area contributed by atoms with E-state index in [0.717, 1.165) is 0 Å². The number of aromatic nitrogens is 2. The van der Waals surface area contributed by atoms with Crippen molar-refractivity contribution in [2.24, 2.45) is 0 Å². The SMILES string of the molecule is CCN(CC)c1nc(C#N)c(C#N)nc1NCCOCCO. The molecule has 22 heavy (non-hydrogen) atoms. The topological polar surface area (TPSA) is 118 Å². The molecule has 1 heterocycles. The first-order valence-electron chi connectivity index (χ1n) is 7.11. The third kappa shape index (κ3) is 4.55. The molecule has 1 aromatic heterocycles. The van der Waals surface area contributed by atoms with Gasteiger partial charge in [0.05, 0.1) is 19.8 Å². The number of nitrogens with zero attached hydrogens (tertiary/aromatic N) is 5. The lowest BCUT2D eigenvalue weighted by molar-refractivity contribution is 0.0992. The zero-order valence-electron chi connectivity index (χ0n) is 12.8. The van der Waals surface area contributed by atoms with Crippen LogP contribution in [0, 0.1) is 22.7 Å². The van der Waals surface area contributed by atoms with Gasteiger partial charge in [-0.15, -0.1) is 0 Å². The lowest BCUT2D eigenvalue weighted by Crippen LogP contribution is -2.26. The molecule has 0 aromatic carbocycles. The Morgan fingerprint density at radius 2 is 1.77 bits per heavy atom. The molecule has 0 atom stereocenters. The van der Waals surface area contributed by atoms with Gasteiger partial charge in [0.2, 0.25) is 0 Å². The molecule has 0 aliphatic rings. The van der Waals surface area contributed by atoms with Crippen molar-refractivity contribution in [2.45, 2.75) is 13.8 Å². The molecule has 1 rings (SSSR count). The van der Waals surface area contributed by atoms with Crippen LogP contribution in [0.15, 0.2) is 0 Å². The van der Waals surface area contributed by atoms with Crippen molar-refractivity contribution < 1.29 is 9.84 Å². The molecule has 0 aliphatic heterocycles. The van der Waals surface area contributed by atoms with Gasteiger partial charge in [-0.3, -0.25) is 0 Å². The average Bonchev–Trinajstić information content (AvgIpc) is 2.56. The van der Waals surface area contributed by atoms with E-state index in [2.05, 4.69) is 15.3 Å². The fraction of sp³-hybridized carbons (Fsp3) is 0.571. The van der Waals surface area contributed by atoms with Gasteiger partial charge in [-0.1, -0.05) is 0 Å². The van der Waals surface area contributed by atoms with E-state index in [-0.39, 0.29) is 24.6 Å². The Morgan fingerprint density at radius 1 is 1.14 bits per heavy atom. The number of hydrogen-bond donors (Lipinski definition) is 2. The molecule has 0 spiro atoms. The van der Waals surface area contributed by atoms with E-state index in [1.54, 1.807) is 0 Å². The molecule has 0 saturated carbocycles. The second-order valence-electron chi connectivity index (χ2n) is 4.25. The fourth-order valence-electron chi connectivity index (χ4n) is 1.85. The van der Waals surface area contributed by atoms with Gasteiger partial charge in [-0.05, 0) is 13.8 Å². The Labute approximate surface area is 130 Å². The molecular formula is C14H20N6O2. The Bertz CT molecular complexity index is 560. The van der Waals surface area contributed by atoms with Crippen LogP contribution in [-0.2, 0) is 4.74 Å². The van der Waals surface area contributed by atoms with Gasteiger partial charge in [0, 0.05) is 19.6 Å². The van der Waals surface area contributed by atoms with Crippen molar-refractivity contribution in [2.75, 3.05) is 49.7 Å². The molecule has 0 amide bonds. The third-order valence-corrected chi connectivity index (χ3v) is 2.93. The summed E-state index contributed by atoms with van der Waals surface area (Å²) < 4.78 is 5.17. The zero-order chi connectivity index (χ0) is 16.4. The van der Waals surface area contributed by atoms with E-state index >= 15 is 0 Å². The van der Waals surface area contributed by atoms with E-state index in [0.29, 0.717) is 37.9 Å². The minimum atomic E-state index is -0.0278. The van der Waals surface area contributed by atoms with Crippen molar-refractivity contribution in [1.29, 1.82) is 10.5 Å². The van der Waals surface area contributed by atoms with Crippen LogP contribution in [0.1, 0.15) is 25.2 Å². The summed E-state index contributed by atoms with van der Waals surface area (Å²) in [6, 6.07) is 3.78. The molecule has 1 aromatic rings. The van der Waals surface area contributed by atoms with E-state index < -0.39 is 0 Å². The van der Waals surface area contributed by atoms with Gasteiger partial charge < -0.3 is 20.1 Å². The number of ether oxygens (including phenoxy) is 1. The highest BCUT2D eigenvalue weighted by molar-refractivity contribution is 5.63. The first-order chi connectivity index (χ1) is 10.7. The van der Waals surface area contributed by atoms with Gasteiger partial charge in [0.15, 0.2) is 23.0 Å². The van der Waals surface area contributed by atoms with Crippen LogP contribution >= 0.6 is 0 Å². The molecule has 0 unspecified atom stereocenters. The highest BCUT2D eigenvalue weighted by atomic mass is 16.5. The monoisotopic (exact) mass is 304 g/mol. The standard InChI is InChI=1S/C14H20N6O2/c1-3-20(4-2)14-13(17-5-7-22-8-6-21)18-11(9-15)12(10-16)19-14/h21H,3-8H2,1-2H3,(H,17,18). The Morgan fingerprint density at radius 3 is 2.32 bits per heavy atom. The predicted molar refractivity (Wildman–Crippen MR) is 81.4 cm³/mol.